The molecule has 0 saturated heterocycles. The second kappa shape index (κ2) is 5.95. The monoisotopic (exact) mass is 315 g/mol. The Hall–Kier alpha value is -1.50. The Labute approximate surface area is 128 Å². The summed E-state index contributed by atoms with van der Waals surface area (Å²) in [6.45, 7) is 3.38. The lowest BCUT2D eigenvalue weighted by Gasteiger charge is -2.38. The summed E-state index contributed by atoms with van der Waals surface area (Å²) in [4.78, 5) is 12.0. The number of alkyl halides is 2. The summed E-state index contributed by atoms with van der Waals surface area (Å²) in [5.41, 5.74) is -0.878. The van der Waals surface area contributed by atoms with Crippen LogP contribution < -0.4 is 5.32 Å². The highest BCUT2D eigenvalue weighted by atomic mass is 19.3. The van der Waals surface area contributed by atoms with Gasteiger partial charge in [-0.2, -0.15) is 13.9 Å². The first-order valence-corrected chi connectivity index (χ1v) is 7.59. The lowest BCUT2D eigenvalue weighted by atomic mass is 9.79. The lowest BCUT2D eigenvalue weighted by Crippen LogP contribution is -2.58. The van der Waals surface area contributed by atoms with Gasteiger partial charge >= 0.3 is 5.92 Å². The van der Waals surface area contributed by atoms with Crippen LogP contribution >= 0.6 is 0 Å². The van der Waals surface area contributed by atoms with E-state index in [4.69, 9.17) is 0 Å². The summed E-state index contributed by atoms with van der Waals surface area (Å²) in [5.74, 6) is -5.22. The van der Waals surface area contributed by atoms with Crippen molar-refractivity contribution < 1.29 is 18.7 Å². The molecule has 2 rings (SSSR count). The van der Waals surface area contributed by atoms with E-state index in [9.17, 15) is 18.7 Å². The van der Waals surface area contributed by atoms with Crippen LogP contribution in [0.1, 0.15) is 56.3 Å². The van der Waals surface area contributed by atoms with Gasteiger partial charge in [0, 0.05) is 18.8 Å². The number of aliphatic hydroxyl groups is 1. The largest absolute Gasteiger partial charge is 0.383 e. The summed E-state index contributed by atoms with van der Waals surface area (Å²) in [5, 5.41) is 16.6. The van der Waals surface area contributed by atoms with Gasteiger partial charge in [0.1, 0.15) is 5.60 Å². The maximum Gasteiger partial charge on any atom is 0.352 e. The second-order valence-corrected chi connectivity index (χ2v) is 6.21. The highest BCUT2D eigenvalue weighted by Crippen LogP contribution is 2.41. The summed E-state index contributed by atoms with van der Waals surface area (Å²) >= 11 is 0. The number of aromatic nitrogens is 2. The molecule has 1 aliphatic rings. The van der Waals surface area contributed by atoms with E-state index < -0.39 is 23.5 Å². The Morgan fingerprint density at radius 1 is 1.45 bits per heavy atom. The molecule has 1 amide bonds. The van der Waals surface area contributed by atoms with Gasteiger partial charge in [-0.3, -0.25) is 9.48 Å². The van der Waals surface area contributed by atoms with Crippen LogP contribution in [0.15, 0.2) is 6.20 Å². The number of amides is 1. The van der Waals surface area contributed by atoms with Crippen molar-refractivity contribution in [2.45, 2.75) is 63.5 Å². The molecule has 0 radical (unpaired) electrons. The highest BCUT2D eigenvalue weighted by molar-refractivity contribution is 5.85. The first kappa shape index (κ1) is 16.9. The number of halogens is 2. The smallest absolute Gasteiger partial charge is 0.352 e. The third kappa shape index (κ3) is 2.99. The number of aryl methyl sites for hydroxylation is 2. The summed E-state index contributed by atoms with van der Waals surface area (Å²) in [6.07, 6.45) is 3.42. The molecule has 1 heterocycles. The topological polar surface area (TPSA) is 67.2 Å². The second-order valence-electron chi connectivity index (χ2n) is 6.21. The molecule has 124 valence electrons. The van der Waals surface area contributed by atoms with Crippen molar-refractivity contribution in [1.29, 1.82) is 0 Å². The zero-order valence-electron chi connectivity index (χ0n) is 13.2. The zero-order chi connectivity index (χ0) is 16.5. The molecule has 1 aromatic heterocycles. The first-order valence-electron chi connectivity index (χ1n) is 7.59. The van der Waals surface area contributed by atoms with Crippen molar-refractivity contribution in [1.82, 2.24) is 15.1 Å². The van der Waals surface area contributed by atoms with E-state index >= 15 is 0 Å². The minimum absolute atomic E-state index is 0.0479. The lowest BCUT2D eigenvalue weighted by molar-refractivity contribution is -0.201. The van der Waals surface area contributed by atoms with Crippen LogP contribution in [0.5, 0.6) is 0 Å². The van der Waals surface area contributed by atoms with Gasteiger partial charge in [-0.05, 0) is 26.7 Å². The molecule has 22 heavy (non-hydrogen) atoms. The number of nitrogens with one attached hydrogen (secondary N) is 1. The average molecular weight is 315 g/mol. The molecule has 1 aliphatic carbocycles. The molecule has 5 nitrogen and oxygen atoms in total. The van der Waals surface area contributed by atoms with Crippen molar-refractivity contribution in [3.05, 3.63) is 17.5 Å². The molecule has 0 spiro atoms. The van der Waals surface area contributed by atoms with E-state index in [-0.39, 0.29) is 12.8 Å². The maximum atomic E-state index is 14.4. The minimum atomic E-state index is -3.79. The molecule has 1 saturated carbocycles. The van der Waals surface area contributed by atoms with Crippen LogP contribution in [-0.4, -0.2) is 32.3 Å². The summed E-state index contributed by atoms with van der Waals surface area (Å²) < 4.78 is 30.3. The molecule has 0 unspecified atom stereocenters. The number of hydrogen-bond acceptors (Lipinski definition) is 3. The Kier molecular flexibility index (Phi) is 4.56. The predicted molar refractivity (Wildman–Crippen MR) is 77.5 cm³/mol. The normalized spacial score (nSPS) is 19.7. The number of carbonyl (C=O) groups excluding carboxylic acids is 1. The van der Waals surface area contributed by atoms with Gasteiger partial charge in [-0.25, -0.2) is 0 Å². The first-order chi connectivity index (χ1) is 10.2. The number of hydrogen-bond donors (Lipinski definition) is 2. The molecular weight excluding hydrogens is 292 g/mol. The van der Waals surface area contributed by atoms with Crippen LogP contribution in [-0.2, 0) is 11.8 Å². The number of rotatable bonds is 4. The van der Waals surface area contributed by atoms with E-state index in [1.54, 1.807) is 31.8 Å². The zero-order valence-corrected chi connectivity index (χ0v) is 13.2. The van der Waals surface area contributed by atoms with Crippen molar-refractivity contribution in [2.24, 2.45) is 7.05 Å². The molecule has 7 heteroatoms. The van der Waals surface area contributed by atoms with Crippen LogP contribution in [0, 0.1) is 6.92 Å². The third-order valence-electron chi connectivity index (χ3n) is 4.42. The highest BCUT2D eigenvalue weighted by Gasteiger charge is 2.58. The van der Waals surface area contributed by atoms with Gasteiger partial charge in [0.2, 0.25) is 0 Å². The Balaban J connectivity index is 2.11. The van der Waals surface area contributed by atoms with E-state index in [1.807, 2.05) is 0 Å². The van der Waals surface area contributed by atoms with Crippen LogP contribution in [0.2, 0.25) is 0 Å². The molecule has 1 atom stereocenters. The number of carbonyl (C=O) groups is 1. The van der Waals surface area contributed by atoms with Gasteiger partial charge in [0.25, 0.3) is 5.91 Å². The Morgan fingerprint density at radius 3 is 2.55 bits per heavy atom. The van der Waals surface area contributed by atoms with E-state index in [1.165, 1.54) is 0 Å². The summed E-state index contributed by atoms with van der Waals surface area (Å²) in [7, 11) is 1.73. The van der Waals surface area contributed by atoms with Gasteiger partial charge in [0.05, 0.1) is 11.7 Å². The molecule has 0 aliphatic heterocycles. The van der Waals surface area contributed by atoms with Gasteiger partial charge in [-0.15, -0.1) is 0 Å². The fourth-order valence-electron chi connectivity index (χ4n) is 3.07. The summed E-state index contributed by atoms with van der Waals surface area (Å²) in [6, 6.07) is -0.598. The maximum absolute atomic E-state index is 14.4. The van der Waals surface area contributed by atoms with Crippen molar-refractivity contribution in [3.63, 3.8) is 0 Å². The molecule has 0 bridgehead atoms. The van der Waals surface area contributed by atoms with E-state index in [0.29, 0.717) is 24.1 Å². The fraction of sp³-hybridized carbons (Fsp3) is 0.733. The third-order valence-corrected chi connectivity index (χ3v) is 4.42. The SMILES string of the molecule is Cc1nn(C)cc1[C@@H](C)NC(=O)C(F)(F)C1(O)CCCCC1. The van der Waals surface area contributed by atoms with Crippen molar-refractivity contribution >= 4 is 5.91 Å². The quantitative estimate of drug-likeness (QED) is 0.895. The molecule has 1 aromatic rings. The van der Waals surface area contributed by atoms with Crippen LogP contribution in [0.3, 0.4) is 0 Å². The van der Waals surface area contributed by atoms with E-state index in [2.05, 4.69) is 10.4 Å². The molecule has 1 fully saturated rings. The standard InChI is InChI=1S/C15H23F2N3O2/c1-10(12-9-20(3)19-11(12)2)18-13(21)15(16,17)14(22)7-5-4-6-8-14/h9-10,22H,4-8H2,1-3H3,(H,18,21)/t10-/m1/s1. The fourth-order valence-corrected chi connectivity index (χ4v) is 3.07. The van der Waals surface area contributed by atoms with Gasteiger partial charge in [-0.1, -0.05) is 19.3 Å². The predicted octanol–water partition coefficient (Wildman–Crippen LogP) is 2.24. The molecule has 2 N–H and O–H groups in total. The van der Waals surface area contributed by atoms with Gasteiger partial charge in [0.15, 0.2) is 0 Å². The molecular formula is C15H23F2N3O2. The van der Waals surface area contributed by atoms with Gasteiger partial charge < -0.3 is 10.4 Å². The number of nitrogens with zero attached hydrogens (tertiary/aromatic N) is 2. The molecule has 0 aromatic carbocycles. The Morgan fingerprint density at radius 2 is 2.05 bits per heavy atom. The van der Waals surface area contributed by atoms with Crippen molar-refractivity contribution in [3.8, 4) is 0 Å². The minimum Gasteiger partial charge on any atom is -0.383 e. The van der Waals surface area contributed by atoms with E-state index in [0.717, 1.165) is 6.42 Å². The van der Waals surface area contributed by atoms with Crippen LogP contribution in [0.25, 0.3) is 0 Å². The average Bonchev–Trinajstić information content (AvgIpc) is 2.78. The Bertz CT molecular complexity index is 551. The van der Waals surface area contributed by atoms with Crippen LogP contribution in [0.4, 0.5) is 8.78 Å². The van der Waals surface area contributed by atoms with Crippen molar-refractivity contribution in [2.75, 3.05) is 0 Å².